The molecule has 1 aliphatic rings. The summed E-state index contributed by atoms with van der Waals surface area (Å²) >= 11 is 0. The van der Waals surface area contributed by atoms with Crippen molar-refractivity contribution in [2.75, 3.05) is 19.9 Å². The maximum atomic E-state index is 5.92. The highest BCUT2D eigenvalue weighted by molar-refractivity contribution is 5.45. The number of ether oxygens (including phenoxy) is 3. The van der Waals surface area contributed by atoms with Gasteiger partial charge in [-0.3, -0.25) is 0 Å². The van der Waals surface area contributed by atoms with Crippen LogP contribution in [0.1, 0.15) is 23.5 Å². The number of hydrogen-bond donors (Lipinski definition) is 1. The van der Waals surface area contributed by atoms with Crippen molar-refractivity contribution in [1.82, 2.24) is 0 Å². The molecule has 1 aliphatic heterocycles. The van der Waals surface area contributed by atoms with Gasteiger partial charge in [-0.25, -0.2) is 0 Å². The van der Waals surface area contributed by atoms with Crippen LogP contribution in [0.2, 0.25) is 0 Å². The van der Waals surface area contributed by atoms with Crippen LogP contribution in [-0.4, -0.2) is 19.9 Å². The molecule has 22 heavy (non-hydrogen) atoms. The van der Waals surface area contributed by atoms with Crippen molar-refractivity contribution >= 4 is 0 Å². The highest BCUT2D eigenvalue weighted by atomic mass is 16.7. The van der Waals surface area contributed by atoms with Gasteiger partial charge in [-0.15, -0.1) is 0 Å². The zero-order valence-electron chi connectivity index (χ0n) is 12.7. The molecule has 0 bridgehead atoms. The summed E-state index contributed by atoms with van der Waals surface area (Å²) in [5.74, 6) is 2.75. The van der Waals surface area contributed by atoms with Gasteiger partial charge in [0.2, 0.25) is 6.79 Å². The van der Waals surface area contributed by atoms with E-state index in [1.807, 2.05) is 36.4 Å². The molecular formula is C18H21NO3. The topological polar surface area (TPSA) is 53.7 Å². The van der Waals surface area contributed by atoms with Gasteiger partial charge in [-0.1, -0.05) is 23.8 Å². The maximum Gasteiger partial charge on any atom is 0.231 e. The molecule has 0 aromatic heterocycles. The van der Waals surface area contributed by atoms with Gasteiger partial charge in [0.1, 0.15) is 5.75 Å². The van der Waals surface area contributed by atoms with E-state index in [1.165, 1.54) is 11.1 Å². The summed E-state index contributed by atoms with van der Waals surface area (Å²) < 4.78 is 16.6. The molecule has 0 spiro atoms. The average molecular weight is 299 g/mol. The minimum Gasteiger partial charge on any atom is -0.494 e. The number of hydrogen-bond acceptors (Lipinski definition) is 4. The number of nitrogens with two attached hydrogens (primary N) is 1. The van der Waals surface area contributed by atoms with Gasteiger partial charge in [0, 0.05) is 0 Å². The van der Waals surface area contributed by atoms with Crippen LogP contribution in [0.3, 0.4) is 0 Å². The first kappa shape index (κ1) is 14.7. The Kier molecular flexibility index (Phi) is 4.49. The second-order valence-corrected chi connectivity index (χ2v) is 5.50. The van der Waals surface area contributed by atoms with Crippen molar-refractivity contribution in [3.63, 3.8) is 0 Å². The molecule has 1 atom stereocenters. The zero-order chi connectivity index (χ0) is 15.4. The first-order valence-electron chi connectivity index (χ1n) is 7.55. The van der Waals surface area contributed by atoms with Gasteiger partial charge in [-0.05, 0) is 55.6 Å². The smallest absolute Gasteiger partial charge is 0.231 e. The molecule has 2 N–H and O–H groups in total. The van der Waals surface area contributed by atoms with Crippen LogP contribution in [0.4, 0.5) is 0 Å². The lowest BCUT2D eigenvalue weighted by atomic mass is 9.96. The van der Waals surface area contributed by atoms with E-state index in [1.54, 1.807) is 0 Å². The molecular weight excluding hydrogens is 278 g/mol. The third-order valence-electron chi connectivity index (χ3n) is 3.91. The van der Waals surface area contributed by atoms with Crippen molar-refractivity contribution in [1.29, 1.82) is 0 Å². The molecule has 1 unspecified atom stereocenters. The second kappa shape index (κ2) is 6.71. The Morgan fingerprint density at radius 2 is 1.86 bits per heavy atom. The molecule has 0 saturated heterocycles. The van der Waals surface area contributed by atoms with Gasteiger partial charge in [0.05, 0.1) is 6.61 Å². The fourth-order valence-corrected chi connectivity index (χ4v) is 2.54. The number of rotatable bonds is 6. The summed E-state index contributed by atoms with van der Waals surface area (Å²) in [4.78, 5) is 0. The molecule has 0 amide bonds. The fourth-order valence-electron chi connectivity index (χ4n) is 2.54. The molecule has 0 radical (unpaired) electrons. The maximum absolute atomic E-state index is 5.92. The van der Waals surface area contributed by atoms with Crippen molar-refractivity contribution in [3.05, 3.63) is 53.6 Å². The Morgan fingerprint density at radius 1 is 1.09 bits per heavy atom. The highest BCUT2D eigenvalue weighted by Gasteiger charge is 2.17. The third kappa shape index (κ3) is 3.34. The predicted octanol–water partition coefficient (Wildman–Crippen LogP) is 3.24. The lowest BCUT2D eigenvalue weighted by Crippen LogP contribution is -2.15. The van der Waals surface area contributed by atoms with E-state index in [0.717, 1.165) is 23.7 Å². The van der Waals surface area contributed by atoms with Crippen LogP contribution < -0.4 is 19.9 Å². The summed E-state index contributed by atoms with van der Waals surface area (Å²) in [6, 6.07) is 14.1. The Balaban J connectivity index is 1.59. The first-order valence-corrected chi connectivity index (χ1v) is 7.55. The van der Waals surface area contributed by atoms with Gasteiger partial charge in [-0.2, -0.15) is 0 Å². The minimum atomic E-state index is 0.250. The van der Waals surface area contributed by atoms with Gasteiger partial charge >= 0.3 is 0 Å². The van der Waals surface area contributed by atoms with E-state index >= 15 is 0 Å². The lowest BCUT2D eigenvalue weighted by Gasteiger charge is -2.16. The summed E-state index contributed by atoms with van der Waals surface area (Å²) in [7, 11) is 0. The number of benzene rings is 2. The molecule has 2 aromatic rings. The van der Waals surface area contributed by atoms with Crippen LogP contribution in [0.25, 0.3) is 0 Å². The molecule has 4 heteroatoms. The van der Waals surface area contributed by atoms with Gasteiger partial charge < -0.3 is 19.9 Å². The molecule has 1 heterocycles. The Labute approximate surface area is 130 Å². The molecule has 0 aliphatic carbocycles. The van der Waals surface area contributed by atoms with Crippen LogP contribution in [0, 0.1) is 6.92 Å². The van der Waals surface area contributed by atoms with Crippen molar-refractivity contribution in [2.24, 2.45) is 5.73 Å². The van der Waals surface area contributed by atoms with Crippen molar-refractivity contribution in [3.8, 4) is 17.2 Å². The SMILES string of the molecule is Cc1ccc(OCCC(CN)c2ccc3c(c2)OCO3)cc1. The molecule has 4 nitrogen and oxygen atoms in total. The van der Waals surface area contributed by atoms with Crippen molar-refractivity contribution in [2.45, 2.75) is 19.3 Å². The van der Waals surface area contributed by atoms with E-state index in [9.17, 15) is 0 Å². The predicted molar refractivity (Wildman–Crippen MR) is 85.7 cm³/mol. The lowest BCUT2D eigenvalue weighted by molar-refractivity contribution is 0.174. The average Bonchev–Trinajstić information content (AvgIpc) is 3.01. The molecule has 3 rings (SSSR count). The molecule has 0 fully saturated rings. The van der Waals surface area contributed by atoms with Gasteiger partial charge in [0.25, 0.3) is 0 Å². The zero-order valence-corrected chi connectivity index (χ0v) is 12.7. The molecule has 116 valence electrons. The second-order valence-electron chi connectivity index (χ2n) is 5.50. The standard InChI is InChI=1S/C18H21NO3/c1-13-2-5-16(6-3-13)20-9-8-15(11-19)14-4-7-17-18(10-14)22-12-21-17/h2-7,10,15H,8-9,11-12,19H2,1H3. The first-order chi connectivity index (χ1) is 10.8. The van der Waals surface area contributed by atoms with E-state index in [2.05, 4.69) is 13.0 Å². The summed E-state index contributed by atoms with van der Waals surface area (Å²) in [5.41, 5.74) is 8.32. The highest BCUT2D eigenvalue weighted by Crippen LogP contribution is 2.35. The van der Waals surface area contributed by atoms with Crippen LogP contribution >= 0.6 is 0 Å². The number of aryl methyl sites for hydroxylation is 1. The fraction of sp³-hybridized carbons (Fsp3) is 0.333. The summed E-state index contributed by atoms with van der Waals surface area (Å²) in [6.45, 7) is 3.58. The molecule has 0 saturated carbocycles. The Hall–Kier alpha value is -2.20. The largest absolute Gasteiger partial charge is 0.494 e. The normalized spacial score (nSPS) is 13.9. The monoisotopic (exact) mass is 299 g/mol. The van der Waals surface area contributed by atoms with Crippen molar-refractivity contribution < 1.29 is 14.2 Å². The Bertz CT molecular complexity index is 625. The van der Waals surface area contributed by atoms with E-state index in [4.69, 9.17) is 19.9 Å². The van der Waals surface area contributed by atoms with Crippen LogP contribution in [-0.2, 0) is 0 Å². The third-order valence-corrected chi connectivity index (χ3v) is 3.91. The summed E-state index contributed by atoms with van der Waals surface area (Å²) in [5, 5.41) is 0. The number of fused-ring (bicyclic) bond motifs is 1. The van der Waals surface area contributed by atoms with Gasteiger partial charge in [0.15, 0.2) is 11.5 Å². The van der Waals surface area contributed by atoms with Crippen LogP contribution in [0.15, 0.2) is 42.5 Å². The quantitative estimate of drug-likeness (QED) is 0.889. The van der Waals surface area contributed by atoms with E-state index < -0.39 is 0 Å². The molecule has 2 aromatic carbocycles. The summed E-state index contributed by atoms with van der Waals surface area (Å²) in [6.07, 6.45) is 0.865. The van der Waals surface area contributed by atoms with E-state index in [-0.39, 0.29) is 5.92 Å². The van der Waals surface area contributed by atoms with E-state index in [0.29, 0.717) is 19.9 Å². The van der Waals surface area contributed by atoms with Crippen LogP contribution in [0.5, 0.6) is 17.2 Å². The Morgan fingerprint density at radius 3 is 2.64 bits per heavy atom. The minimum absolute atomic E-state index is 0.250.